The van der Waals surface area contributed by atoms with Crippen LogP contribution in [0.1, 0.15) is 111 Å². The zero-order valence-corrected chi connectivity index (χ0v) is 26.6. The summed E-state index contributed by atoms with van der Waals surface area (Å²) in [6.45, 7) is 16.6. The van der Waals surface area contributed by atoms with Gasteiger partial charge in [-0.2, -0.15) is 0 Å². The van der Waals surface area contributed by atoms with Crippen LogP contribution in [0.25, 0.3) is 0 Å². The molecule has 1 unspecified atom stereocenters. The normalized spacial score (nSPS) is 21.3. The molecule has 0 aromatic heterocycles. The second-order valence-corrected chi connectivity index (χ2v) is 14.3. The van der Waals surface area contributed by atoms with Crippen LogP contribution < -0.4 is 14.3 Å². The first-order valence-electron chi connectivity index (χ1n) is 14.6. The quantitative estimate of drug-likeness (QED) is 0.115. The SMILES string of the molecule is CCCCCc1cc2c(c(OP(=O)(NC(C)(C)C(=O)OC(C)C)C(=O)OCC)c1)[C@@H]1C=C(C)CC[C@H]1C(C)(C)O2. The zero-order chi connectivity index (χ0) is 29.9. The standard InChI is InChI=1S/C31H48NO7P/c1-10-12-13-14-22-18-25-27(23-17-21(5)15-16-24(23)31(8,9)38-25)26(19-22)39-40(35,29(34)36-11-2)32-30(6,7)28(33)37-20(3)4/h17-20,23-24H,10-16H2,1-9H3,(H,32,35)/t23-,24-,40?/m1/s1. The van der Waals surface area contributed by atoms with Crippen LogP contribution in [0.4, 0.5) is 4.79 Å². The third-order valence-corrected chi connectivity index (χ3v) is 9.51. The summed E-state index contributed by atoms with van der Waals surface area (Å²) >= 11 is 0. The summed E-state index contributed by atoms with van der Waals surface area (Å²) in [5.41, 5.74) is 0.0631. The maximum Gasteiger partial charge on any atom is 0.424 e. The van der Waals surface area contributed by atoms with Crippen molar-refractivity contribution in [3.63, 3.8) is 0 Å². The van der Waals surface area contributed by atoms with Crippen molar-refractivity contribution >= 4 is 19.2 Å². The van der Waals surface area contributed by atoms with E-state index >= 15 is 0 Å². The van der Waals surface area contributed by atoms with E-state index in [2.05, 4.69) is 44.9 Å². The lowest BCUT2D eigenvalue weighted by atomic mass is 9.68. The van der Waals surface area contributed by atoms with Crippen LogP contribution in [0.5, 0.6) is 11.5 Å². The number of nitrogens with one attached hydrogen (secondary N) is 1. The first-order valence-corrected chi connectivity index (χ1v) is 16.3. The van der Waals surface area contributed by atoms with Crippen molar-refractivity contribution in [2.24, 2.45) is 5.92 Å². The lowest BCUT2D eigenvalue weighted by Crippen LogP contribution is -2.48. The minimum absolute atomic E-state index is 0.00380. The van der Waals surface area contributed by atoms with Gasteiger partial charge in [-0.1, -0.05) is 31.4 Å². The first-order chi connectivity index (χ1) is 18.6. The van der Waals surface area contributed by atoms with Gasteiger partial charge < -0.3 is 18.7 Å². The molecule has 40 heavy (non-hydrogen) atoms. The molecule has 224 valence electrons. The molecule has 1 heterocycles. The molecule has 1 aliphatic carbocycles. The van der Waals surface area contributed by atoms with Crippen molar-refractivity contribution < 1.29 is 32.9 Å². The van der Waals surface area contributed by atoms with Crippen LogP contribution in [-0.4, -0.2) is 35.5 Å². The van der Waals surface area contributed by atoms with E-state index in [-0.39, 0.29) is 24.5 Å². The number of carbonyl (C=O) groups excluding carboxylic acids is 2. The van der Waals surface area contributed by atoms with E-state index in [4.69, 9.17) is 18.7 Å². The first kappa shape index (κ1) is 32.2. The summed E-state index contributed by atoms with van der Waals surface area (Å²) in [6, 6.07) is 3.93. The van der Waals surface area contributed by atoms with Crippen LogP contribution in [0.15, 0.2) is 23.8 Å². The van der Waals surface area contributed by atoms with Crippen molar-refractivity contribution in [3.05, 3.63) is 34.9 Å². The zero-order valence-electron chi connectivity index (χ0n) is 25.7. The fraction of sp³-hybridized carbons (Fsp3) is 0.677. The fourth-order valence-corrected chi connectivity index (χ4v) is 7.35. The number of rotatable bonds is 12. The van der Waals surface area contributed by atoms with Crippen LogP contribution in [0, 0.1) is 5.92 Å². The fourth-order valence-electron chi connectivity index (χ4n) is 5.59. The lowest BCUT2D eigenvalue weighted by molar-refractivity contribution is -0.153. The van der Waals surface area contributed by atoms with Gasteiger partial charge in [0.2, 0.25) is 0 Å². The van der Waals surface area contributed by atoms with Gasteiger partial charge in [0.05, 0.1) is 12.7 Å². The second-order valence-electron chi connectivity index (χ2n) is 12.4. The predicted molar refractivity (Wildman–Crippen MR) is 157 cm³/mol. The molecule has 1 aliphatic heterocycles. The highest BCUT2D eigenvalue weighted by Crippen LogP contribution is 2.57. The number of carbonyl (C=O) groups is 2. The number of aryl methyl sites for hydroxylation is 1. The summed E-state index contributed by atoms with van der Waals surface area (Å²) in [5, 5.41) is 2.71. The Hall–Kier alpha value is -2.31. The van der Waals surface area contributed by atoms with Crippen molar-refractivity contribution in [1.82, 2.24) is 5.09 Å². The van der Waals surface area contributed by atoms with Gasteiger partial charge in [-0.3, -0.25) is 4.79 Å². The predicted octanol–water partition coefficient (Wildman–Crippen LogP) is 8.08. The number of ether oxygens (including phenoxy) is 3. The number of unbranched alkanes of at least 4 members (excludes halogenated alkanes) is 2. The van der Waals surface area contributed by atoms with Crippen LogP contribution in [0.3, 0.4) is 0 Å². The Balaban J connectivity index is 2.15. The largest absolute Gasteiger partial charge is 0.487 e. The molecule has 0 amide bonds. The van der Waals surface area contributed by atoms with E-state index in [1.54, 1.807) is 20.8 Å². The summed E-state index contributed by atoms with van der Waals surface area (Å²) in [5.74, 6) is 0.473. The second kappa shape index (κ2) is 12.7. The maximum atomic E-state index is 14.4. The molecule has 1 N–H and O–H groups in total. The average Bonchev–Trinajstić information content (AvgIpc) is 2.82. The molecule has 3 rings (SSSR count). The molecule has 0 fully saturated rings. The minimum Gasteiger partial charge on any atom is -0.487 e. The van der Waals surface area contributed by atoms with Gasteiger partial charge in [0, 0.05) is 17.4 Å². The van der Waals surface area contributed by atoms with E-state index in [9.17, 15) is 14.2 Å². The number of fused-ring (bicyclic) bond motifs is 3. The maximum absolute atomic E-state index is 14.4. The Morgan fingerprint density at radius 2 is 1.90 bits per heavy atom. The summed E-state index contributed by atoms with van der Waals surface area (Å²) in [6.07, 6.45) is 7.69. The Morgan fingerprint density at radius 3 is 2.52 bits per heavy atom. The van der Waals surface area contributed by atoms with Gasteiger partial charge in [-0.05, 0) is 98.8 Å². The summed E-state index contributed by atoms with van der Waals surface area (Å²) < 4.78 is 37.9. The molecule has 0 radical (unpaired) electrons. The molecule has 2 aliphatic rings. The molecule has 0 saturated carbocycles. The third-order valence-electron chi connectivity index (χ3n) is 7.59. The van der Waals surface area contributed by atoms with Crippen LogP contribution in [0.2, 0.25) is 0 Å². The third kappa shape index (κ3) is 7.30. The Labute approximate surface area is 240 Å². The Morgan fingerprint density at radius 1 is 1.20 bits per heavy atom. The highest BCUT2D eigenvalue weighted by Gasteiger charge is 2.49. The molecule has 0 saturated heterocycles. The van der Waals surface area contributed by atoms with Crippen molar-refractivity contribution in [3.8, 4) is 11.5 Å². The van der Waals surface area contributed by atoms with Gasteiger partial charge in [-0.15, -0.1) is 0 Å². The number of esters is 1. The minimum atomic E-state index is -4.45. The topological polar surface area (TPSA) is 100 Å². The number of hydrogen-bond donors (Lipinski definition) is 1. The molecular formula is C31H48NO7P. The van der Waals surface area contributed by atoms with Gasteiger partial charge in [0.25, 0.3) is 0 Å². The highest BCUT2D eigenvalue weighted by atomic mass is 31.2. The monoisotopic (exact) mass is 577 g/mol. The summed E-state index contributed by atoms with van der Waals surface area (Å²) in [4.78, 5) is 26.1. The van der Waals surface area contributed by atoms with Crippen LogP contribution in [-0.2, 0) is 25.3 Å². The van der Waals surface area contributed by atoms with Crippen molar-refractivity contribution in [2.45, 2.75) is 124 Å². The van der Waals surface area contributed by atoms with E-state index in [0.29, 0.717) is 11.5 Å². The Kier molecular flexibility index (Phi) is 10.2. The molecule has 9 heteroatoms. The molecule has 1 aromatic rings. The van der Waals surface area contributed by atoms with Crippen LogP contribution >= 0.6 is 7.52 Å². The molecule has 0 spiro atoms. The van der Waals surface area contributed by atoms with E-state index in [1.807, 2.05) is 6.07 Å². The van der Waals surface area contributed by atoms with E-state index < -0.39 is 30.3 Å². The van der Waals surface area contributed by atoms with Crippen molar-refractivity contribution in [2.75, 3.05) is 6.61 Å². The Bertz CT molecular complexity index is 1170. The highest BCUT2D eigenvalue weighted by molar-refractivity contribution is 7.74. The van der Waals surface area contributed by atoms with E-state index in [1.165, 1.54) is 19.4 Å². The molecule has 0 bridgehead atoms. The summed E-state index contributed by atoms with van der Waals surface area (Å²) in [7, 11) is -4.45. The van der Waals surface area contributed by atoms with Gasteiger partial charge >= 0.3 is 19.2 Å². The van der Waals surface area contributed by atoms with Gasteiger partial charge in [-0.25, -0.2) is 14.4 Å². The molecule has 1 aromatic carbocycles. The number of hydrogen-bond acceptors (Lipinski definition) is 7. The molecular weight excluding hydrogens is 529 g/mol. The number of benzene rings is 1. The lowest BCUT2D eigenvalue weighted by Gasteiger charge is -2.47. The smallest absolute Gasteiger partial charge is 0.424 e. The van der Waals surface area contributed by atoms with E-state index in [0.717, 1.165) is 49.7 Å². The average molecular weight is 578 g/mol. The molecule has 3 atom stereocenters. The number of allylic oxidation sites excluding steroid dienone is 2. The van der Waals surface area contributed by atoms with Gasteiger partial charge in [0.1, 0.15) is 22.6 Å². The molecule has 8 nitrogen and oxygen atoms in total. The van der Waals surface area contributed by atoms with Crippen molar-refractivity contribution in [1.29, 1.82) is 0 Å². The van der Waals surface area contributed by atoms with Gasteiger partial charge in [0.15, 0.2) is 0 Å².